The lowest BCUT2D eigenvalue weighted by Gasteiger charge is -2.19. The van der Waals surface area contributed by atoms with Crippen molar-refractivity contribution in [3.63, 3.8) is 0 Å². The smallest absolute Gasteiger partial charge is 0.243 e. The number of aliphatic hydroxyl groups excluding tert-OH is 1. The van der Waals surface area contributed by atoms with Crippen LogP contribution in [0.1, 0.15) is 26.7 Å². The Morgan fingerprint density at radius 1 is 1.54 bits per heavy atom. The Balaban J connectivity index is 3.77. The van der Waals surface area contributed by atoms with Gasteiger partial charge in [-0.05, 0) is 12.0 Å². The molecule has 0 aromatic rings. The highest BCUT2D eigenvalue weighted by Crippen LogP contribution is 2.11. The monoisotopic (exact) mass is 185 g/mol. The predicted octanol–water partition coefficient (Wildman–Crippen LogP) is 1.09. The highest BCUT2D eigenvalue weighted by Gasteiger charge is 2.15. The minimum absolute atomic E-state index is 0.231. The standard InChI is InChI=1S/C10H19NO2/c1-4-8(5-2)9(12)7-11-10(13)6-3/h6,8-9,12H,3-5,7H2,1-2H3,(H,11,13). The van der Waals surface area contributed by atoms with Crippen LogP contribution in [0.5, 0.6) is 0 Å². The molecule has 2 N–H and O–H groups in total. The van der Waals surface area contributed by atoms with Gasteiger partial charge in [0.2, 0.25) is 5.91 Å². The molecule has 0 aromatic heterocycles. The fraction of sp³-hybridized carbons (Fsp3) is 0.700. The highest BCUT2D eigenvalue weighted by atomic mass is 16.3. The van der Waals surface area contributed by atoms with E-state index in [0.717, 1.165) is 12.8 Å². The predicted molar refractivity (Wildman–Crippen MR) is 53.3 cm³/mol. The third-order valence-corrected chi connectivity index (χ3v) is 2.26. The average Bonchev–Trinajstić information content (AvgIpc) is 2.16. The zero-order valence-corrected chi connectivity index (χ0v) is 8.42. The van der Waals surface area contributed by atoms with Gasteiger partial charge in [0.15, 0.2) is 0 Å². The van der Waals surface area contributed by atoms with Crippen LogP contribution < -0.4 is 5.32 Å². The molecular formula is C10H19NO2. The van der Waals surface area contributed by atoms with Crippen molar-refractivity contribution in [1.82, 2.24) is 5.32 Å². The minimum Gasteiger partial charge on any atom is -0.391 e. The first-order chi connectivity index (χ1) is 6.15. The summed E-state index contributed by atoms with van der Waals surface area (Å²) in [4.78, 5) is 10.8. The van der Waals surface area contributed by atoms with Crippen molar-refractivity contribution in [1.29, 1.82) is 0 Å². The van der Waals surface area contributed by atoms with Crippen LogP contribution in [0.3, 0.4) is 0 Å². The van der Waals surface area contributed by atoms with Crippen LogP contribution in [-0.2, 0) is 4.79 Å². The van der Waals surface area contributed by atoms with Gasteiger partial charge in [-0.15, -0.1) is 0 Å². The average molecular weight is 185 g/mol. The van der Waals surface area contributed by atoms with E-state index in [0.29, 0.717) is 6.54 Å². The lowest BCUT2D eigenvalue weighted by molar-refractivity contribution is -0.117. The Morgan fingerprint density at radius 3 is 2.46 bits per heavy atom. The second-order valence-corrected chi connectivity index (χ2v) is 3.09. The molecule has 0 saturated heterocycles. The number of carbonyl (C=O) groups excluding carboxylic acids is 1. The number of carbonyl (C=O) groups is 1. The molecule has 13 heavy (non-hydrogen) atoms. The van der Waals surface area contributed by atoms with Crippen molar-refractivity contribution in [2.45, 2.75) is 32.8 Å². The fourth-order valence-electron chi connectivity index (χ4n) is 1.28. The van der Waals surface area contributed by atoms with Crippen molar-refractivity contribution in [2.75, 3.05) is 6.54 Å². The summed E-state index contributed by atoms with van der Waals surface area (Å²) in [6.07, 6.45) is 2.63. The number of hydrogen-bond acceptors (Lipinski definition) is 2. The van der Waals surface area contributed by atoms with Crippen LogP contribution in [0.25, 0.3) is 0 Å². The Morgan fingerprint density at radius 2 is 2.08 bits per heavy atom. The fourth-order valence-corrected chi connectivity index (χ4v) is 1.28. The first kappa shape index (κ1) is 12.2. The molecule has 3 nitrogen and oxygen atoms in total. The molecule has 0 heterocycles. The third kappa shape index (κ3) is 4.68. The van der Waals surface area contributed by atoms with Gasteiger partial charge in [0.1, 0.15) is 0 Å². The summed E-state index contributed by atoms with van der Waals surface area (Å²) in [7, 11) is 0. The lowest BCUT2D eigenvalue weighted by Crippen LogP contribution is -2.35. The maximum absolute atomic E-state index is 10.8. The first-order valence-electron chi connectivity index (χ1n) is 4.74. The molecule has 0 aromatic carbocycles. The van der Waals surface area contributed by atoms with Crippen LogP contribution >= 0.6 is 0 Å². The molecule has 76 valence electrons. The zero-order valence-electron chi connectivity index (χ0n) is 8.42. The SMILES string of the molecule is C=CC(=O)NCC(O)C(CC)CC. The Bertz CT molecular complexity index is 164. The number of aliphatic hydroxyl groups is 1. The van der Waals surface area contributed by atoms with Crippen LogP contribution in [-0.4, -0.2) is 23.7 Å². The summed E-state index contributed by atoms with van der Waals surface area (Å²) in [6.45, 7) is 7.72. The van der Waals surface area contributed by atoms with Crippen molar-refractivity contribution < 1.29 is 9.90 Å². The van der Waals surface area contributed by atoms with Gasteiger partial charge in [0.25, 0.3) is 0 Å². The number of hydrogen-bond donors (Lipinski definition) is 2. The lowest BCUT2D eigenvalue weighted by atomic mass is 9.96. The van der Waals surface area contributed by atoms with Crippen molar-refractivity contribution in [3.05, 3.63) is 12.7 Å². The topological polar surface area (TPSA) is 49.3 Å². The molecule has 0 bridgehead atoms. The van der Waals surface area contributed by atoms with E-state index in [9.17, 15) is 9.90 Å². The summed E-state index contributed by atoms with van der Waals surface area (Å²) in [5, 5.41) is 12.2. The van der Waals surface area contributed by atoms with Crippen molar-refractivity contribution in [2.24, 2.45) is 5.92 Å². The second-order valence-electron chi connectivity index (χ2n) is 3.09. The maximum Gasteiger partial charge on any atom is 0.243 e. The summed E-state index contributed by atoms with van der Waals surface area (Å²) >= 11 is 0. The largest absolute Gasteiger partial charge is 0.391 e. The van der Waals surface area contributed by atoms with Gasteiger partial charge < -0.3 is 10.4 Å². The molecule has 0 radical (unpaired) electrons. The van der Waals surface area contributed by atoms with E-state index in [1.165, 1.54) is 6.08 Å². The molecule has 1 amide bonds. The molecule has 0 aliphatic heterocycles. The van der Waals surface area contributed by atoms with E-state index in [-0.39, 0.29) is 11.8 Å². The molecule has 0 aliphatic rings. The van der Waals surface area contributed by atoms with Gasteiger partial charge in [-0.1, -0.05) is 33.3 Å². The molecule has 0 saturated carbocycles. The molecule has 0 fully saturated rings. The van der Waals surface area contributed by atoms with E-state index >= 15 is 0 Å². The summed E-state index contributed by atoms with van der Waals surface area (Å²) in [5.74, 6) is 0.0371. The summed E-state index contributed by atoms with van der Waals surface area (Å²) in [5.41, 5.74) is 0. The molecule has 1 unspecified atom stereocenters. The van der Waals surface area contributed by atoms with Gasteiger partial charge in [-0.3, -0.25) is 4.79 Å². The Kier molecular flexibility index (Phi) is 6.24. The van der Waals surface area contributed by atoms with E-state index in [1.54, 1.807) is 0 Å². The van der Waals surface area contributed by atoms with E-state index in [4.69, 9.17) is 0 Å². The van der Waals surface area contributed by atoms with Gasteiger partial charge in [0, 0.05) is 6.54 Å². The maximum atomic E-state index is 10.8. The van der Waals surface area contributed by atoms with Crippen LogP contribution in [0, 0.1) is 5.92 Å². The van der Waals surface area contributed by atoms with E-state index < -0.39 is 6.10 Å². The van der Waals surface area contributed by atoms with Gasteiger partial charge in [-0.25, -0.2) is 0 Å². The quantitative estimate of drug-likeness (QED) is 0.608. The van der Waals surface area contributed by atoms with Gasteiger partial charge >= 0.3 is 0 Å². The third-order valence-electron chi connectivity index (χ3n) is 2.26. The Hall–Kier alpha value is -0.830. The number of amides is 1. The minimum atomic E-state index is -0.445. The zero-order chi connectivity index (χ0) is 10.3. The van der Waals surface area contributed by atoms with Gasteiger partial charge in [0.05, 0.1) is 6.10 Å². The van der Waals surface area contributed by atoms with Crippen molar-refractivity contribution >= 4 is 5.91 Å². The van der Waals surface area contributed by atoms with Crippen LogP contribution in [0.4, 0.5) is 0 Å². The first-order valence-corrected chi connectivity index (χ1v) is 4.74. The highest BCUT2D eigenvalue weighted by molar-refractivity contribution is 5.86. The summed E-state index contributed by atoms with van der Waals surface area (Å²) in [6, 6.07) is 0. The molecule has 1 atom stereocenters. The number of nitrogens with one attached hydrogen (secondary N) is 1. The molecule has 3 heteroatoms. The van der Waals surface area contributed by atoms with E-state index in [2.05, 4.69) is 11.9 Å². The molecule has 0 aliphatic carbocycles. The van der Waals surface area contributed by atoms with Crippen molar-refractivity contribution in [3.8, 4) is 0 Å². The molecule has 0 spiro atoms. The Labute approximate surface area is 79.8 Å². The normalized spacial score (nSPS) is 12.6. The molecular weight excluding hydrogens is 166 g/mol. The summed E-state index contributed by atoms with van der Waals surface area (Å²) < 4.78 is 0. The van der Waals surface area contributed by atoms with Gasteiger partial charge in [-0.2, -0.15) is 0 Å². The second kappa shape index (κ2) is 6.66. The van der Waals surface area contributed by atoms with Crippen LogP contribution in [0.2, 0.25) is 0 Å². The van der Waals surface area contributed by atoms with Crippen LogP contribution in [0.15, 0.2) is 12.7 Å². The molecule has 0 rings (SSSR count). The number of rotatable bonds is 6. The van der Waals surface area contributed by atoms with E-state index in [1.807, 2.05) is 13.8 Å².